The Kier molecular flexibility index (Phi) is 11.8. The smallest absolute Gasteiger partial charge is 0.308 e. The molecule has 4 saturated carbocycles. The summed E-state index contributed by atoms with van der Waals surface area (Å²) in [5.41, 5.74) is -1.74. The quantitative estimate of drug-likeness (QED) is 0.0924. The van der Waals surface area contributed by atoms with Gasteiger partial charge in [-0.25, -0.2) is 0 Å². The number of hydrogen-bond donors (Lipinski definition) is 9. The number of rotatable bonds is 9. The molecule has 5 saturated heterocycles. The molecule has 0 aromatic carbocycles. The molecule has 2 spiro atoms. The van der Waals surface area contributed by atoms with Crippen LogP contribution in [0, 0.1) is 34.0 Å². The van der Waals surface area contributed by atoms with Gasteiger partial charge in [0.1, 0.15) is 79.4 Å². The van der Waals surface area contributed by atoms with E-state index in [-0.39, 0.29) is 48.3 Å². The van der Waals surface area contributed by atoms with Crippen LogP contribution in [0.1, 0.15) is 85.0 Å². The van der Waals surface area contributed by atoms with Gasteiger partial charge in [0, 0.05) is 23.9 Å². The first-order valence-corrected chi connectivity index (χ1v) is 22.2. The van der Waals surface area contributed by atoms with Crippen molar-refractivity contribution in [2.45, 2.75) is 195 Å². The van der Waals surface area contributed by atoms with Gasteiger partial charge in [-0.05, 0) is 82.0 Å². The maximum Gasteiger partial charge on any atom is 0.308 e. The van der Waals surface area contributed by atoms with E-state index in [1.54, 1.807) is 6.92 Å². The zero-order valence-corrected chi connectivity index (χ0v) is 35.3. The largest absolute Gasteiger partial charge is 0.462 e. The van der Waals surface area contributed by atoms with E-state index in [1.807, 2.05) is 0 Å². The Balaban J connectivity index is 0.834. The van der Waals surface area contributed by atoms with Crippen molar-refractivity contribution >= 4 is 5.97 Å². The number of aliphatic hydroxyl groups excluding tert-OH is 8. The maximum absolute atomic E-state index is 12.9. The molecule has 9 rings (SSSR count). The predicted molar refractivity (Wildman–Crippen MR) is 202 cm³/mol. The van der Waals surface area contributed by atoms with E-state index in [0.717, 1.165) is 51.4 Å². The van der Waals surface area contributed by atoms with Crippen LogP contribution in [0.15, 0.2) is 0 Å². The summed E-state index contributed by atoms with van der Waals surface area (Å²) in [4.78, 5) is 12.4. The third-order valence-electron chi connectivity index (χ3n) is 17.4. The van der Waals surface area contributed by atoms with Crippen LogP contribution in [0.2, 0.25) is 0 Å². The van der Waals surface area contributed by atoms with Crippen LogP contribution in [0.5, 0.6) is 0 Å². The SMILES string of the molecule is COC1C(O)C(OC2CCC3(C)C(CCC45CCC6C7(COC(=O)C7)OC4(O)C6(C)CCC35)C2)OC(C)C1OC1OC(CO)C(OC2OC(CO)C(O)C(O)C2O)C(O)C1O. The Bertz CT molecular complexity index is 1620. The molecule has 24 atom stereocenters. The van der Waals surface area contributed by atoms with Gasteiger partial charge in [-0.2, -0.15) is 0 Å². The summed E-state index contributed by atoms with van der Waals surface area (Å²) < 4.78 is 53.9. The van der Waals surface area contributed by atoms with Crippen molar-refractivity contribution in [3.8, 4) is 0 Å². The Morgan fingerprint density at radius 1 is 0.689 bits per heavy atom. The highest BCUT2D eigenvalue weighted by atomic mass is 16.8. The average molecular weight is 875 g/mol. The van der Waals surface area contributed by atoms with Crippen LogP contribution in [-0.2, 0) is 47.4 Å². The average Bonchev–Trinajstić information content (AvgIpc) is 3.64. The molecule has 61 heavy (non-hydrogen) atoms. The summed E-state index contributed by atoms with van der Waals surface area (Å²) >= 11 is 0. The molecule has 0 radical (unpaired) electrons. The lowest BCUT2D eigenvalue weighted by molar-refractivity contribution is -0.382. The van der Waals surface area contributed by atoms with Gasteiger partial charge in [0.15, 0.2) is 24.7 Å². The minimum atomic E-state index is -1.81. The predicted octanol–water partition coefficient (Wildman–Crippen LogP) is -1.68. The van der Waals surface area contributed by atoms with E-state index in [0.29, 0.717) is 6.42 Å². The second-order valence-electron chi connectivity index (χ2n) is 20.2. The number of cyclic esters (lactones) is 1. The Labute approximate surface area is 354 Å². The molecule has 5 heterocycles. The first-order chi connectivity index (χ1) is 28.9. The minimum absolute atomic E-state index is 0.0623. The highest BCUT2D eigenvalue weighted by Gasteiger charge is 2.82. The standard InChI is InChI=1S/C42H66O19/c1-18-32(59-36-30(50)28(48)33(22(16-44)58-36)60-35-29(49)27(47)26(46)21(15-43)57-35)34(53-4)31(51)37(55-18)56-20-6-9-38(2)19(13-20)5-11-40-12-8-24-39(3,10-7-23(38)40)42(40,52)61-41(24)14-25(45)54-17-41/h18-24,26-37,43-44,46-52H,5-17H2,1-4H3. The third kappa shape index (κ3) is 6.58. The van der Waals surface area contributed by atoms with Gasteiger partial charge >= 0.3 is 5.97 Å². The summed E-state index contributed by atoms with van der Waals surface area (Å²) in [6, 6.07) is 0. The fourth-order valence-corrected chi connectivity index (χ4v) is 14.3. The van der Waals surface area contributed by atoms with Crippen LogP contribution in [0.4, 0.5) is 0 Å². The molecule has 9 N–H and O–H groups in total. The van der Waals surface area contributed by atoms with Gasteiger partial charge in [-0.15, -0.1) is 0 Å². The second kappa shape index (κ2) is 16.0. The van der Waals surface area contributed by atoms with Crippen LogP contribution in [0.3, 0.4) is 0 Å². The molecule has 0 aromatic heterocycles. The van der Waals surface area contributed by atoms with E-state index in [1.165, 1.54) is 7.11 Å². The molecule has 4 aliphatic carbocycles. The van der Waals surface area contributed by atoms with E-state index in [4.69, 9.17) is 42.6 Å². The summed E-state index contributed by atoms with van der Waals surface area (Å²) in [5, 5.41) is 97.4. The van der Waals surface area contributed by atoms with Crippen molar-refractivity contribution < 1.29 is 93.4 Å². The lowest BCUT2D eigenvalue weighted by Crippen LogP contribution is -2.71. The molecule has 24 unspecified atom stereocenters. The number of ether oxygens (including phenoxy) is 9. The topological polar surface area (TPSA) is 282 Å². The zero-order chi connectivity index (χ0) is 43.6. The number of carbonyl (C=O) groups excluding carboxylic acids is 1. The van der Waals surface area contributed by atoms with Crippen LogP contribution >= 0.6 is 0 Å². The Hall–Kier alpha value is -1.21. The van der Waals surface area contributed by atoms with E-state index in [2.05, 4.69) is 13.8 Å². The highest BCUT2D eigenvalue weighted by molar-refractivity contribution is 5.73. The molecule has 19 heteroatoms. The van der Waals surface area contributed by atoms with Crippen LogP contribution in [0.25, 0.3) is 0 Å². The lowest BCUT2D eigenvalue weighted by atomic mass is 9.36. The number of esters is 1. The number of hydrogen-bond acceptors (Lipinski definition) is 19. The summed E-state index contributed by atoms with van der Waals surface area (Å²) in [6.07, 6.45) is -14.1. The highest BCUT2D eigenvalue weighted by Crippen LogP contribution is 2.79. The van der Waals surface area contributed by atoms with E-state index >= 15 is 0 Å². The summed E-state index contributed by atoms with van der Waals surface area (Å²) in [6.45, 7) is 4.97. The number of fused-ring (bicyclic) bond motifs is 3. The summed E-state index contributed by atoms with van der Waals surface area (Å²) in [5.74, 6) is -1.03. The third-order valence-corrected chi connectivity index (χ3v) is 17.4. The van der Waals surface area contributed by atoms with E-state index in [9.17, 15) is 50.8 Å². The molecule has 4 bridgehead atoms. The molecular weight excluding hydrogens is 808 g/mol. The van der Waals surface area contributed by atoms with Gasteiger partial charge in [0.2, 0.25) is 0 Å². The van der Waals surface area contributed by atoms with Crippen molar-refractivity contribution in [1.29, 1.82) is 0 Å². The molecule has 19 nitrogen and oxygen atoms in total. The molecule has 9 aliphatic rings. The number of carbonyl (C=O) groups is 1. The maximum atomic E-state index is 12.9. The molecule has 0 amide bonds. The Morgan fingerprint density at radius 2 is 1.33 bits per heavy atom. The van der Waals surface area contributed by atoms with E-state index < -0.39 is 128 Å². The molecule has 5 aliphatic heterocycles. The zero-order valence-electron chi connectivity index (χ0n) is 35.3. The molecule has 348 valence electrons. The Morgan fingerprint density at radius 3 is 2.00 bits per heavy atom. The fraction of sp³-hybridized carbons (Fsp3) is 0.976. The van der Waals surface area contributed by atoms with Gasteiger partial charge in [0.25, 0.3) is 0 Å². The molecule has 9 fully saturated rings. The van der Waals surface area contributed by atoms with Crippen molar-refractivity contribution in [2.75, 3.05) is 26.9 Å². The van der Waals surface area contributed by atoms with Crippen LogP contribution < -0.4 is 0 Å². The second-order valence-corrected chi connectivity index (χ2v) is 20.2. The molecular formula is C42H66O19. The molecule has 0 aromatic rings. The fourth-order valence-electron chi connectivity index (χ4n) is 14.3. The lowest BCUT2D eigenvalue weighted by Gasteiger charge is -2.70. The summed E-state index contributed by atoms with van der Waals surface area (Å²) in [7, 11) is 1.39. The van der Waals surface area contributed by atoms with Crippen molar-refractivity contribution in [3.63, 3.8) is 0 Å². The number of aliphatic hydroxyl groups is 9. The van der Waals surface area contributed by atoms with Crippen molar-refractivity contribution in [3.05, 3.63) is 0 Å². The minimum Gasteiger partial charge on any atom is -0.462 e. The van der Waals surface area contributed by atoms with Gasteiger partial charge in [-0.3, -0.25) is 4.79 Å². The first kappa shape index (κ1) is 45.0. The monoisotopic (exact) mass is 874 g/mol. The van der Waals surface area contributed by atoms with Gasteiger partial charge in [0.05, 0.1) is 31.8 Å². The van der Waals surface area contributed by atoms with Crippen molar-refractivity contribution in [2.24, 2.45) is 34.0 Å². The normalized spacial score (nSPS) is 58.0. The number of methoxy groups -OCH3 is 1. The van der Waals surface area contributed by atoms with Crippen molar-refractivity contribution in [1.82, 2.24) is 0 Å². The van der Waals surface area contributed by atoms with Gasteiger partial charge < -0.3 is 88.6 Å². The van der Waals surface area contributed by atoms with Gasteiger partial charge in [-0.1, -0.05) is 13.8 Å². The van der Waals surface area contributed by atoms with Crippen LogP contribution in [-0.4, -0.2) is 188 Å². The first-order valence-electron chi connectivity index (χ1n) is 22.2.